The van der Waals surface area contributed by atoms with Crippen LogP contribution in [0.3, 0.4) is 0 Å². The largest absolute Gasteiger partial charge is 0.472 e. The van der Waals surface area contributed by atoms with Gasteiger partial charge in [0.15, 0.2) is 0 Å². The number of phosphoric acid groups is 1. The van der Waals surface area contributed by atoms with Gasteiger partial charge in [-0.3, -0.25) is 13.8 Å². The maximum Gasteiger partial charge on any atom is 0.472 e. The molecule has 55 heavy (non-hydrogen) atoms. The number of unbranched alkanes of at least 4 members (excludes halogenated alkanes) is 32. The van der Waals surface area contributed by atoms with Crippen molar-refractivity contribution in [3.05, 3.63) is 0 Å². The van der Waals surface area contributed by atoms with E-state index in [1.807, 2.05) is 0 Å². The van der Waals surface area contributed by atoms with Gasteiger partial charge in [-0.05, 0) is 12.8 Å². The molecule has 0 bridgehead atoms. The summed E-state index contributed by atoms with van der Waals surface area (Å²) in [6.45, 7) is 3.59. The molecule has 10 heteroatoms. The Hall–Kier alpha value is -0.540. The zero-order chi connectivity index (χ0) is 40.3. The van der Waals surface area contributed by atoms with E-state index in [0.717, 1.165) is 32.1 Å². The highest BCUT2D eigenvalue weighted by atomic mass is 31.2. The lowest BCUT2D eigenvalue weighted by atomic mass is 10.0. The van der Waals surface area contributed by atoms with Crippen LogP contribution in [0.15, 0.2) is 0 Å². The van der Waals surface area contributed by atoms with Crippen molar-refractivity contribution < 1.29 is 43.0 Å². The molecule has 0 heterocycles. The van der Waals surface area contributed by atoms with E-state index in [0.29, 0.717) is 6.61 Å². The molecule has 0 amide bonds. The Balaban J connectivity index is 4.07. The van der Waals surface area contributed by atoms with Crippen molar-refractivity contribution in [2.75, 3.05) is 33.0 Å². The number of carbonyl (C=O) groups is 1. The van der Waals surface area contributed by atoms with Gasteiger partial charge in [-0.2, -0.15) is 0 Å². The summed E-state index contributed by atoms with van der Waals surface area (Å²) in [6, 6.07) is 0. The van der Waals surface area contributed by atoms with E-state index in [1.54, 1.807) is 0 Å². The quantitative estimate of drug-likeness (QED) is 0.0312. The predicted molar refractivity (Wildman–Crippen MR) is 228 cm³/mol. The second-order valence-electron chi connectivity index (χ2n) is 16.1. The Morgan fingerprint density at radius 1 is 0.491 bits per heavy atom. The average Bonchev–Trinajstić information content (AvgIpc) is 3.18. The van der Waals surface area contributed by atoms with E-state index in [1.165, 1.54) is 186 Å². The summed E-state index contributed by atoms with van der Waals surface area (Å²) < 4.78 is 33.4. The number of hydrogen-bond acceptors (Lipinski definition) is 8. The van der Waals surface area contributed by atoms with Crippen LogP contribution in [0.1, 0.15) is 239 Å². The Morgan fingerprint density at radius 2 is 0.818 bits per heavy atom. The number of phosphoric ester groups is 1. The molecule has 0 aromatic carbocycles. The smallest absolute Gasteiger partial charge is 0.457 e. The van der Waals surface area contributed by atoms with Gasteiger partial charge in [0.1, 0.15) is 12.2 Å². The fraction of sp³-hybridized carbons (Fsp3) is 0.978. The molecule has 0 spiro atoms. The van der Waals surface area contributed by atoms with Crippen molar-refractivity contribution in [3.8, 4) is 0 Å². The van der Waals surface area contributed by atoms with Gasteiger partial charge in [-0.25, -0.2) is 4.57 Å². The zero-order valence-electron chi connectivity index (χ0n) is 36.2. The number of aliphatic hydroxyl groups excluding tert-OH is 2. The van der Waals surface area contributed by atoms with Gasteiger partial charge in [-0.15, -0.1) is 0 Å². The van der Waals surface area contributed by atoms with E-state index < -0.39 is 33.2 Å². The van der Waals surface area contributed by atoms with Crippen LogP contribution in [0.5, 0.6) is 0 Å². The molecule has 0 aliphatic heterocycles. The lowest BCUT2D eigenvalue weighted by molar-refractivity contribution is -0.154. The van der Waals surface area contributed by atoms with Crippen molar-refractivity contribution in [2.45, 2.75) is 251 Å². The molecule has 0 rings (SSSR count). The minimum Gasteiger partial charge on any atom is -0.457 e. The first-order chi connectivity index (χ1) is 26.8. The summed E-state index contributed by atoms with van der Waals surface area (Å²) in [5, 5.41) is 18.4. The Labute approximate surface area is 339 Å². The predicted octanol–water partition coefficient (Wildman–Crippen LogP) is 13.1. The molecule has 0 aromatic rings. The number of aliphatic hydroxyl groups is 2. The lowest BCUT2D eigenvalue weighted by Gasteiger charge is -2.20. The fourth-order valence-electron chi connectivity index (χ4n) is 6.95. The van der Waals surface area contributed by atoms with E-state index >= 15 is 0 Å². The van der Waals surface area contributed by atoms with Gasteiger partial charge in [0.2, 0.25) is 0 Å². The van der Waals surface area contributed by atoms with Crippen LogP contribution in [-0.2, 0) is 27.9 Å². The first kappa shape index (κ1) is 54.5. The standard InChI is InChI=1S/C45H91O9P/c1-3-5-7-9-11-13-15-17-19-21-22-24-26-28-30-32-34-36-38-51-41-44(42-53-55(49,50)52-40-43(47)39-46)54-45(48)37-35-33-31-29-27-25-23-20-18-16-14-12-10-8-6-4-2/h43-44,46-47H,3-42H2,1-2H3,(H,49,50). The van der Waals surface area contributed by atoms with Crippen molar-refractivity contribution in [1.82, 2.24) is 0 Å². The maximum atomic E-state index is 12.6. The van der Waals surface area contributed by atoms with Crippen LogP contribution in [0.2, 0.25) is 0 Å². The number of esters is 1. The van der Waals surface area contributed by atoms with Gasteiger partial charge in [0, 0.05) is 13.0 Å². The van der Waals surface area contributed by atoms with Gasteiger partial charge in [0.05, 0.1) is 26.4 Å². The number of rotatable bonds is 46. The van der Waals surface area contributed by atoms with E-state index in [4.69, 9.17) is 23.6 Å². The fourth-order valence-corrected chi connectivity index (χ4v) is 7.74. The van der Waals surface area contributed by atoms with E-state index in [2.05, 4.69) is 13.8 Å². The topological polar surface area (TPSA) is 132 Å². The average molecular weight is 807 g/mol. The maximum absolute atomic E-state index is 12.6. The van der Waals surface area contributed by atoms with Gasteiger partial charge in [0.25, 0.3) is 0 Å². The molecule has 0 radical (unpaired) electrons. The molecule has 3 N–H and O–H groups in total. The molecule has 3 atom stereocenters. The lowest BCUT2D eigenvalue weighted by Crippen LogP contribution is -2.29. The van der Waals surface area contributed by atoms with Crippen LogP contribution >= 0.6 is 7.82 Å². The monoisotopic (exact) mass is 807 g/mol. The van der Waals surface area contributed by atoms with Crippen molar-refractivity contribution in [1.29, 1.82) is 0 Å². The summed E-state index contributed by atoms with van der Waals surface area (Å²) in [5.41, 5.74) is 0. The summed E-state index contributed by atoms with van der Waals surface area (Å²) in [7, 11) is -4.51. The molecule has 3 unspecified atom stereocenters. The third-order valence-electron chi connectivity index (χ3n) is 10.5. The first-order valence-electron chi connectivity index (χ1n) is 23.5. The zero-order valence-corrected chi connectivity index (χ0v) is 37.1. The normalized spacial score (nSPS) is 13.9. The highest BCUT2D eigenvalue weighted by Gasteiger charge is 2.26. The molecule has 0 fully saturated rings. The van der Waals surface area contributed by atoms with Gasteiger partial charge in [-0.1, -0.05) is 219 Å². The summed E-state index contributed by atoms with van der Waals surface area (Å²) >= 11 is 0. The molecule has 0 aromatic heterocycles. The first-order valence-corrected chi connectivity index (χ1v) is 25.0. The SMILES string of the molecule is CCCCCCCCCCCCCCCCCCCCOCC(COP(=O)(O)OCC(O)CO)OC(=O)CCCCCCCCCCCCCCCCCC. The van der Waals surface area contributed by atoms with Gasteiger partial charge >= 0.3 is 13.8 Å². The second-order valence-corrected chi connectivity index (χ2v) is 17.6. The molecule has 0 aliphatic rings. The third-order valence-corrected chi connectivity index (χ3v) is 11.5. The van der Waals surface area contributed by atoms with E-state index in [9.17, 15) is 19.4 Å². The molecule has 330 valence electrons. The Kier molecular flexibility index (Phi) is 42.6. The number of carbonyl (C=O) groups excluding carboxylic acids is 1. The minimum atomic E-state index is -4.51. The molecule has 0 saturated carbocycles. The molecule has 9 nitrogen and oxygen atoms in total. The minimum absolute atomic E-state index is 0.0585. The molecular weight excluding hydrogens is 715 g/mol. The molecule has 0 aliphatic carbocycles. The summed E-state index contributed by atoms with van der Waals surface area (Å²) in [6.07, 6.45) is 42.0. The van der Waals surface area contributed by atoms with Crippen LogP contribution < -0.4 is 0 Å². The molecule has 0 saturated heterocycles. The highest BCUT2D eigenvalue weighted by Crippen LogP contribution is 2.43. The van der Waals surface area contributed by atoms with Crippen molar-refractivity contribution in [2.24, 2.45) is 0 Å². The van der Waals surface area contributed by atoms with Crippen LogP contribution in [0.4, 0.5) is 0 Å². The second kappa shape index (κ2) is 43.0. The van der Waals surface area contributed by atoms with Crippen molar-refractivity contribution in [3.63, 3.8) is 0 Å². The van der Waals surface area contributed by atoms with Crippen LogP contribution in [-0.4, -0.2) is 66.3 Å². The van der Waals surface area contributed by atoms with Crippen LogP contribution in [0.25, 0.3) is 0 Å². The van der Waals surface area contributed by atoms with Crippen molar-refractivity contribution >= 4 is 13.8 Å². The van der Waals surface area contributed by atoms with E-state index in [-0.39, 0.29) is 25.6 Å². The summed E-state index contributed by atoms with van der Waals surface area (Å²) in [5.74, 6) is -0.375. The third kappa shape index (κ3) is 42.9. The highest BCUT2D eigenvalue weighted by molar-refractivity contribution is 7.47. The van der Waals surface area contributed by atoms with Gasteiger partial charge < -0.3 is 24.6 Å². The summed E-state index contributed by atoms with van der Waals surface area (Å²) in [4.78, 5) is 22.6. The Morgan fingerprint density at radius 3 is 1.18 bits per heavy atom. The van der Waals surface area contributed by atoms with Crippen LogP contribution in [0, 0.1) is 0 Å². The Bertz CT molecular complexity index is 830. The molecular formula is C45H91O9P. The number of ether oxygens (including phenoxy) is 2. The number of hydrogen-bond donors (Lipinski definition) is 3.